The molecule has 0 bridgehead atoms. The zero-order valence-corrected chi connectivity index (χ0v) is 15.1. The smallest absolute Gasteiger partial charge is 0.290 e. The van der Waals surface area contributed by atoms with Crippen LogP contribution in [-0.4, -0.2) is 36.8 Å². The molecule has 1 atom stereocenters. The summed E-state index contributed by atoms with van der Waals surface area (Å²) >= 11 is 0. The molecule has 0 saturated carbocycles. The van der Waals surface area contributed by atoms with Crippen molar-refractivity contribution >= 4 is 26.7 Å². The number of nitrogens with zero attached hydrogens (tertiary/aromatic N) is 1. The minimum atomic E-state index is -3.19. The van der Waals surface area contributed by atoms with Crippen molar-refractivity contribution in [1.82, 2.24) is 4.90 Å². The van der Waals surface area contributed by atoms with Gasteiger partial charge in [-0.1, -0.05) is 12.1 Å². The molecule has 1 amide bonds. The maximum absolute atomic E-state index is 13.1. The molecule has 7 nitrogen and oxygen atoms in total. The molecule has 0 radical (unpaired) electrons. The van der Waals surface area contributed by atoms with Gasteiger partial charge in [-0.05, 0) is 30.7 Å². The minimum Gasteiger partial charge on any atom is -0.467 e. The summed E-state index contributed by atoms with van der Waals surface area (Å²) in [6.45, 7) is 0.0998. The molecule has 1 aliphatic rings. The molecule has 3 aromatic rings. The van der Waals surface area contributed by atoms with Crippen molar-refractivity contribution in [3.8, 4) is 0 Å². The lowest BCUT2D eigenvalue weighted by molar-refractivity contribution is 0.0634. The number of rotatable bonds is 4. The van der Waals surface area contributed by atoms with Gasteiger partial charge in [0.15, 0.2) is 21.0 Å². The number of carbonyl (C=O) groups excluding carboxylic acids is 1. The Morgan fingerprint density at radius 1 is 1.19 bits per heavy atom. The topological polar surface area (TPSA) is 97.8 Å². The van der Waals surface area contributed by atoms with E-state index in [9.17, 15) is 18.0 Å². The molecule has 8 heteroatoms. The van der Waals surface area contributed by atoms with Gasteiger partial charge in [-0.15, -0.1) is 0 Å². The number of furan rings is 1. The van der Waals surface area contributed by atoms with Crippen LogP contribution in [0.15, 0.2) is 62.4 Å². The molecule has 0 unspecified atom stereocenters. The second-order valence-electron chi connectivity index (χ2n) is 6.54. The average Bonchev–Trinajstić information content (AvgIpc) is 3.28. The van der Waals surface area contributed by atoms with Crippen LogP contribution in [0.3, 0.4) is 0 Å². The first-order valence-corrected chi connectivity index (χ1v) is 10.3. The van der Waals surface area contributed by atoms with Gasteiger partial charge in [0.25, 0.3) is 5.91 Å². The van der Waals surface area contributed by atoms with Gasteiger partial charge in [0.05, 0.1) is 29.7 Å². The first-order chi connectivity index (χ1) is 12.9. The lowest BCUT2D eigenvalue weighted by Crippen LogP contribution is -2.40. The predicted molar refractivity (Wildman–Crippen MR) is 98.1 cm³/mol. The zero-order chi connectivity index (χ0) is 19.0. The minimum absolute atomic E-state index is 0.0290. The third-order valence-corrected chi connectivity index (χ3v) is 6.41. The van der Waals surface area contributed by atoms with E-state index in [-0.39, 0.29) is 29.2 Å². The van der Waals surface area contributed by atoms with E-state index in [0.29, 0.717) is 23.2 Å². The summed E-state index contributed by atoms with van der Waals surface area (Å²) in [5, 5.41) is 0.384. The predicted octanol–water partition coefficient (Wildman–Crippen LogP) is 2.22. The fraction of sp³-hybridized carbons (Fsp3) is 0.263. The lowest BCUT2D eigenvalue weighted by atomic mass is 10.1. The molecule has 0 aliphatic carbocycles. The van der Waals surface area contributed by atoms with E-state index in [4.69, 9.17) is 8.83 Å². The number of fused-ring (bicyclic) bond motifs is 1. The van der Waals surface area contributed by atoms with Crippen molar-refractivity contribution < 1.29 is 22.0 Å². The summed E-state index contributed by atoms with van der Waals surface area (Å²) in [6, 6.07) is 10.7. The molecular formula is C19H17NO6S. The largest absolute Gasteiger partial charge is 0.467 e. The fourth-order valence-electron chi connectivity index (χ4n) is 3.31. The molecule has 0 N–H and O–H groups in total. The molecule has 0 spiro atoms. The van der Waals surface area contributed by atoms with E-state index < -0.39 is 21.8 Å². The quantitative estimate of drug-likeness (QED) is 0.681. The summed E-state index contributed by atoms with van der Waals surface area (Å²) in [4.78, 5) is 26.9. The van der Waals surface area contributed by atoms with E-state index in [2.05, 4.69) is 0 Å². The van der Waals surface area contributed by atoms with Gasteiger partial charge in [0, 0.05) is 12.1 Å². The van der Waals surface area contributed by atoms with Gasteiger partial charge >= 0.3 is 0 Å². The molecule has 1 aliphatic heterocycles. The number of para-hydroxylation sites is 1. The normalized spacial score (nSPS) is 18.6. The highest BCUT2D eigenvalue weighted by atomic mass is 32.2. The van der Waals surface area contributed by atoms with Crippen molar-refractivity contribution in [3.63, 3.8) is 0 Å². The Labute approximate surface area is 155 Å². The first-order valence-electron chi connectivity index (χ1n) is 8.50. The number of benzene rings is 1. The molecule has 3 heterocycles. The Morgan fingerprint density at radius 2 is 2.00 bits per heavy atom. The van der Waals surface area contributed by atoms with Gasteiger partial charge in [0.1, 0.15) is 11.3 Å². The van der Waals surface area contributed by atoms with Crippen LogP contribution < -0.4 is 5.43 Å². The maximum Gasteiger partial charge on any atom is 0.290 e. The van der Waals surface area contributed by atoms with E-state index in [1.54, 1.807) is 36.4 Å². The summed E-state index contributed by atoms with van der Waals surface area (Å²) in [5.41, 5.74) is -0.0115. The molecule has 1 aromatic carbocycles. The van der Waals surface area contributed by atoms with Crippen LogP contribution >= 0.6 is 0 Å². The van der Waals surface area contributed by atoms with Crippen LogP contribution in [-0.2, 0) is 16.4 Å². The zero-order valence-electron chi connectivity index (χ0n) is 14.3. The van der Waals surface area contributed by atoms with Crippen LogP contribution in [0.1, 0.15) is 22.7 Å². The van der Waals surface area contributed by atoms with Crippen molar-refractivity contribution in [3.05, 3.63) is 70.5 Å². The van der Waals surface area contributed by atoms with Gasteiger partial charge in [0.2, 0.25) is 0 Å². The highest BCUT2D eigenvalue weighted by Gasteiger charge is 2.36. The Morgan fingerprint density at radius 3 is 2.70 bits per heavy atom. The van der Waals surface area contributed by atoms with Crippen molar-refractivity contribution in [2.45, 2.75) is 19.0 Å². The van der Waals surface area contributed by atoms with Gasteiger partial charge in [-0.25, -0.2) is 8.42 Å². The molecule has 4 rings (SSSR count). The van der Waals surface area contributed by atoms with E-state index in [1.165, 1.54) is 11.2 Å². The maximum atomic E-state index is 13.1. The van der Waals surface area contributed by atoms with Gasteiger partial charge < -0.3 is 13.7 Å². The number of hydrogen-bond acceptors (Lipinski definition) is 6. The van der Waals surface area contributed by atoms with Crippen LogP contribution in [0, 0.1) is 0 Å². The van der Waals surface area contributed by atoms with E-state index >= 15 is 0 Å². The van der Waals surface area contributed by atoms with Crippen LogP contribution in [0.25, 0.3) is 11.0 Å². The van der Waals surface area contributed by atoms with E-state index in [0.717, 1.165) is 6.07 Å². The molecule has 2 aromatic heterocycles. The summed E-state index contributed by atoms with van der Waals surface area (Å²) in [5.74, 6) is -0.208. The van der Waals surface area contributed by atoms with Crippen molar-refractivity contribution in [1.29, 1.82) is 0 Å². The first kappa shape index (κ1) is 17.5. The number of amides is 1. The lowest BCUT2D eigenvalue weighted by Gasteiger charge is -2.26. The van der Waals surface area contributed by atoms with Crippen molar-refractivity contribution in [2.75, 3.05) is 11.5 Å². The Hall–Kier alpha value is -2.87. The Kier molecular flexibility index (Phi) is 4.35. The number of carbonyl (C=O) groups is 1. The van der Waals surface area contributed by atoms with Crippen molar-refractivity contribution in [2.24, 2.45) is 0 Å². The highest BCUT2D eigenvalue weighted by molar-refractivity contribution is 7.91. The average molecular weight is 387 g/mol. The summed E-state index contributed by atoms with van der Waals surface area (Å²) < 4.78 is 34.8. The van der Waals surface area contributed by atoms with Crippen LogP contribution in [0.2, 0.25) is 0 Å². The van der Waals surface area contributed by atoms with Crippen LogP contribution in [0.4, 0.5) is 0 Å². The number of hydrogen-bond donors (Lipinski definition) is 0. The number of sulfone groups is 1. The molecule has 140 valence electrons. The Bertz CT molecular complexity index is 1150. The standard InChI is InChI=1S/C19H17NO6S/c21-16-10-18(26-17-6-2-1-5-15(16)17)19(22)20(11-14-4-3-8-25-14)13-7-9-27(23,24)12-13/h1-6,8,10,13H,7,9,11-12H2/t13-/m0/s1. The third-order valence-electron chi connectivity index (χ3n) is 4.66. The van der Waals surface area contributed by atoms with Crippen LogP contribution in [0.5, 0.6) is 0 Å². The summed E-state index contributed by atoms with van der Waals surface area (Å²) in [7, 11) is -3.19. The highest BCUT2D eigenvalue weighted by Crippen LogP contribution is 2.23. The monoisotopic (exact) mass is 387 g/mol. The third kappa shape index (κ3) is 3.52. The molecule has 1 saturated heterocycles. The second-order valence-corrected chi connectivity index (χ2v) is 8.77. The SMILES string of the molecule is O=C(c1cc(=O)c2ccccc2o1)N(Cc1ccco1)[C@H]1CCS(=O)(=O)C1. The van der Waals surface area contributed by atoms with Gasteiger partial charge in [-0.3, -0.25) is 9.59 Å². The molecule has 27 heavy (non-hydrogen) atoms. The Balaban J connectivity index is 1.73. The summed E-state index contributed by atoms with van der Waals surface area (Å²) in [6.07, 6.45) is 1.83. The fourth-order valence-corrected chi connectivity index (χ4v) is 5.04. The van der Waals surface area contributed by atoms with E-state index in [1.807, 2.05) is 0 Å². The molecular weight excluding hydrogens is 370 g/mol. The second kappa shape index (κ2) is 6.70. The molecule has 1 fully saturated rings. The van der Waals surface area contributed by atoms with Gasteiger partial charge in [-0.2, -0.15) is 0 Å².